The molecule has 2 heterocycles. The molecular formula is C18H15BrN2O5. The highest BCUT2D eigenvalue weighted by Gasteiger charge is 2.35. The summed E-state index contributed by atoms with van der Waals surface area (Å²) in [7, 11) is 1.19. The van der Waals surface area contributed by atoms with E-state index < -0.39 is 24.5 Å². The van der Waals surface area contributed by atoms with Crippen molar-refractivity contribution in [2.75, 3.05) is 13.7 Å². The normalized spacial score (nSPS) is 15.5. The Morgan fingerprint density at radius 1 is 1.31 bits per heavy atom. The van der Waals surface area contributed by atoms with Gasteiger partial charge in [-0.1, -0.05) is 22.0 Å². The molecule has 1 saturated heterocycles. The predicted octanol–water partition coefficient (Wildman–Crippen LogP) is 3.08. The summed E-state index contributed by atoms with van der Waals surface area (Å²) in [5, 5.41) is 2.42. The highest BCUT2D eigenvalue weighted by molar-refractivity contribution is 9.10. The van der Waals surface area contributed by atoms with Crippen LogP contribution in [0.1, 0.15) is 11.3 Å². The quantitative estimate of drug-likeness (QED) is 0.468. The number of furan rings is 1. The van der Waals surface area contributed by atoms with Gasteiger partial charge >= 0.3 is 12.0 Å². The van der Waals surface area contributed by atoms with Crippen molar-refractivity contribution < 1.29 is 23.5 Å². The first-order valence-corrected chi connectivity index (χ1v) is 8.46. The zero-order valence-electron chi connectivity index (χ0n) is 14.0. The molecule has 0 aliphatic carbocycles. The molecule has 1 N–H and O–H groups in total. The number of halogens is 1. The number of imide groups is 1. The first-order chi connectivity index (χ1) is 12.4. The molecule has 0 unspecified atom stereocenters. The fraction of sp³-hybridized carbons (Fsp3) is 0.167. The summed E-state index contributed by atoms with van der Waals surface area (Å²) in [6.45, 7) is 1.54. The maximum absolute atomic E-state index is 12.3. The number of hydrogen-bond acceptors (Lipinski definition) is 5. The molecule has 0 saturated carbocycles. The Balaban J connectivity index is 1.83. The summed E-state index contributed by atoms with van der Waals surface area (Å²) in [6.07, 6.45) is 1.42. The van der Waals surface area contributed by atoms with E-state index in [4.69, 9.17) is 4.42 Å². The monoisotopic (exact) mass is 418 g/mol. The summed E-state index contributed by atoms with van der Waals surface area (Å²) < 4.78 is 11.1. The Hall–Kier alpha value is -2.87. The Morgan fingerprint density at radius 2 is 2.08 bits per heavy atom. The molecule has 1 aliphatic rings. The van der Waals surface area contributed by atoms with Crippen LogP contribution in [-0.2, 0) is 14.3 Å². The predicted molar refractivity (Wildman–Crippen MR) is 96.8 cm³/mol. The fourth-order valence-electron chi connectivity index (χ4n) is 2.45. The molecule has 1 fully saturated rings. The van der Waals surface area contributed by atoms with Gasteiger partial charge in [0.15, 0.2) is 0 Å². The van der Waals surface area contributed by atoms with Gasteiger partial charge in [-0.3, -0.25) is 9.59 Å². The van der Waals surface area contributed by atoms with Gasteiger partial charge in [-0.25, -0.2) is 9.69 Å². The van der Waals surface area contributed by atoms with Crippen molar-refractivity contribution in [1.29, 1.82) is 0 Å². The Labute approximate surface area is 157 Å². The highest BCUT2D eigenvalue weighted by Crippen LogP contribution is 2.31. The van der Waals surface area contributed by atoms with Crippen LogP contribution in [0.5, 0.6) is 0 Å². The second kappa shape index (κ2) is 7.17. The molecule has 3 amide bonds. The summed E-state index contributed by atoms with van der Waals surface area (Å²) in [5.41, 5.74) is 2.01. The van der Waals surface area contributed by atoms with E-state index in [1.165, 1.54) is 13.2 Å². The van der Waals surface area contributed by atoms with Gasteiger partial charge in [0.1, 0.15) is 23.8 Å². The molecule has 26 heavy (non-hydrogen) atoms. The van der Waals surface area contributed by atoms with Crippen LogP contribution in [0.4, 0.5) is 4.79 Å². The molecule has 1 aromatic carbocycles. The number of ether oxygens (including phenoxy) is 1. The number of methoxy groups -OCH3 is 1. The van der Waals surface area contributed by atoms with Gasteiger partial charge in [-0.05, 0) is 36.8 Å². The lowest BCUT2D eigenvalue weighted by Gasteiger charge is -2.08. The van der Waals surface area contributed by atoms with E-state index in [9.17, 15) is 14.4 Å². The third-order valence-corrected chi connectivity index (χ3v) is 4.44. The van der Waals surface area contributed by atoms with Crippen LogP contribution in [0.3, 0.4) is 0 Å². The van der Waals surface area contributed by atoms with Crippen molar-refractivity contribution in [3.05, 3.63) is 51.8 Å². The second-order valence-corrected chi connectivity index (χ2v) is 6.50. The van der Waals surface area contributed by atoms with E-state index >= 15 is 0 Å². The molecule has 0 spiro atoms. The molecule has 7 nitrogen and oxygen atoms in total. The van der Waals surface area contributed by atoms with Gasteiger partial charge in [-0.2, -0.15) is 0 Å². The molecule has 0 bridgehead atoms. The summed E-state index contributed by atoms with van der Waals surface area (Å²) in [5.74, 6) is -0.280. The molecule has 1 aliphatic heterocycles. The number of benzene rings is 1. The van der Waals surface area contributed by atoms with Crippen molar-refractivity contribution in [3.8, 4) is 11.3 Å². The van der Waals surface area contributed by atoms with E-state index in [2.05, 4.69) is 26.0 Å². The van der Waals surface area contributed by atoms with Crippen molar-refractivity contribution >= 4 is 39.9 Å². The number of aryl methyl sites for hydroxylation is 1. The second-order valence-electron chi connectivity index (χ2n) is 5.64. The topological polar surface area (TPSA) is 88.8 Å². The maximum atomic E-state index is 12.3. The van der Waals surface area contributed by atoms with Crippen molar-refractivity contribution in [1.82, 2.24) is 10.2 Å². The summed E-state index contributed by atoms with van der Waals surface area (Å²) in [6, 6.07) is 8.65. The number of rotatable bonds is 4. The number of nitrogens with one attached hydrogen (secondary N) is 1. The van der Waals surface area contributed by atoms with E-state index in [0.29, 0.717) is 11.5 Å². The van der Waals surface area contributed by atoms with Gasteiger partial charge in [0, 0.05) is 16.1 Å². The maximum Gasteiger partial charge on any atom is 0.329 e. The van der Waals surface area contributed by atoms with Crippen LogP contribution in [-0.4, -0.2) is 36.5 Å². The number of esters is 1. The third kappa shape index (κ3) is 3.55. The standard InChI is InChI=1S/C18H15BrN2O5/c1-10-3-5-12(13(19)7-10)15-6-4-11(26-15)8-14-17(23)21(18(24)20-14)9-16(22)25-2/h3-8H,9H2,1-2H3,(H,20,24)/b14-8-. The van der Waals surface area contributed by atoms with Crippen molar-refractivity contribution in [2.45, 2.75) is 6.92 Å². The molecule has 3 rings (SSSR count). The average molecular weight is 419 g/mol. The molecule has 0 atom stereocenters. The SMILES string of the molecule is COC(=O)CN1C(=O)N/C(=C\c2ccc(-c3ccc(C)cc3Br)o2)C1=O. The van der Waals surface area contributed by atoms with E-state index in [1.54, 1.807) is 12.1 Å². The van der Waals surface area contributed by atoms with E-state index in [-0.39, 0.29) is 5.70 Å². The summed E-state index contributed by atoms with van der Waals surface area (Å²) >= 11 is 3.50. The van der Waals surface area contributed by atoms with Gasteiger partial charge in [0.05, 0.1) is 7.11 Å². The number of hydrogen-bond donors (Lipinski definition) is 1. The van der Waals surface area contributed by atoms with Crippen LogP contribution in [0.2, 0.25) is 0 Å². The zero-order chi connectivity index (χ0) is 18.8. The lowest BCUT2D eigenvalue weighted by atomic mass is 10.1. The molecule has 134 valence electrons. The molecule has 1 aromatic heterocycles. The number of urea groups is 1. The van der Waals surface area contributed by atoms with Crippen molar-refractivity contribution in [3.63, 3.8) is 0 Å². The van der Waals surface area contributed by atoms with Crippen LogP contribution in [0, 0.1) is 6.92 Å². The largest absolute Gasteiger partial charge is 0.468 e. The van der Waals surface area contributed by atoms with Crippen LogP contribution in [0.25, 0.3) is 17.4 Å². The lowest BCUT2D eigenvalue weighted by molar-refractivity contribution is -0.143. The minimum Gasteiger partial charge on any atom is -0.468 e. The summed E-state index contributed by atoms with van der Waals surface area (Å²) in [4.78, 5) is 36.2. The minimum absolute atomic E-state index is 0.0303. The lowest BCUT2D eigenvalue weighted by Crippen LogP contribution is -2.36. The molecule has 8 heteroatoms. The zero-order valence-corrected chi connectivity index (χ0v) is 15.6. The van der Waals surface area contributed by atoms with Gasteiger partial charge in [0.25, 0.3) is 5.91 Å². The van der Waals surface area contributed by atoms with Crippen molar-refractivity contribution in [2.24, 2.45) is 0 Å². The van der Waals surface area contributed by atoms with E-state index in [1.807, 2.05) is 25.1 Å². The van der Waals surface area contributed by atoms with Crippen LogP contribution in [0.15, 0.2) is 44.9 Å². The fourth-order valence-corrected chi connectivity index (χ4v) is 3.13. The highest BCUT2D eigenvalue weighted by atomic mass is 79.9. The minimum atomic E-state index is -0.681. The van der Waals surface area contributed by atoms with Crippen LogP contribution < -0.4 is 5.32 Å². The Bertz CT molecular complexity index is 931. The number of carbonyl (C=O) groups is 3. The first-order valence-electron chi connectivity index (χ1n) is 7.67. The van der Waals surface area contributed by atoms with E-state index in [0.717, 1.165) is 20.5 Å². The Kier molecular flexibility index (Phi) is 4.94. The molecular weight excluding hydrogens is 404 g/mol. The smallest absolute Gasteiger partial charge is 0.329 e. The number of amides is 3. The number of nitrogens with zero attached hydrogens (tertiary/aromatic N) is 1. The Morgan fingerprint density at radius 3 is 2.77 bits per heavy atom. The number of carbonyl (C=O) groups excluding carboxylic acids is 3. The van der Waals surface area contributed by atoms with Gasteiger partial charge in [-0.15, -0.1) is 0 Å². The van der Waals surface area contributed by atoms with Crippen LogP contribution >= 0.6 is 15.9 Å². The third-order valence-electron chi connectivity index (χ3n) is 3.78. The average Bonchev–Trinajstić information content (AvgIpc) is 3.15. The molecule has 0 radical (unpaired) electrons. The van der Waals surface area contributed by atoms with Gasteiger partial charge in [0.2, 0.25) is 0 Å². The van der Waals surface area contributed by atoms with Gasteiger partial charge < -0.3 is 14.5 Å². The molecule has 2 aromatic rings. The first kappa shape index (κ1) is 17.9.